The zero-order valence-corrected chi connectivity index (χ0v) is 19.6. The fraction of sp³-hybridized carbons (Fsp3) is 0.357. The van der Waals surface area contributed by atoms with E-state index in [0.717, 1.165) is 50.5 Å². The van der Waals surface area contributed by atoms with E-state index in [-0.39, 0.29) is 11.8 Å². The number of carbonyl (C=O) groups excluding carboxylic acids is 1. The fourth-order valence-electron chi connectivity index (χ4n) is 6.12. The summed E-state index contributed by atoms with van der Waals surface area (Å²) < 4.78 is 1.87. The number of fused-ring (bicyclic) bond motifs is 1. The third-order valence-corrected chi connectivity index (χ3v) is 7.84. The molecule has 7 nitrogen and oxygen atoms in total. The molecule has 4 heterocycles. The highest BCUT2D eigenvalue weighted by molar-refractivity contribution is 5.85. The van der Waals surface area contributed by atoms with Crippen molar-refractivity contribution in [1.82, 2.24) is 14.5 Å². The van der Waals surface area contributed by atoms with Gasteiger partial charge in [-0.2, -0.15) is 5.26 Å². The molecule has 0 radical (unpaired) electrons. The molecule has 2 fully saturated rings. The second kappa shape index (κ2) is 9.03. The predicted octanol–water partition coefficient (Wildman–Crippen LogP) is 4.46. The highest BCUT2D eigenvalue weighted by Crippen LogP contribution is 2.43. The summed E-state index contributed by atoms with van der Waals surface area (Å²) in [6, 6.07) is 18.5. The summed E-state index contributed by atoms with van der Waals surface area (Å²) in [5, 5.41) is 9.14. The van der Waals surface area contributed by atoms with Crippen LogP contribution < -0.4 is 9.80 Å². The Kier molecular flexibility index (Phi) is 5.57. The topological polar surface area (TPSA) is 78.0 Å². The van der Waals surface area contributed by atoms with Crippen LogP contribution in [0.5, 0.6) is 0 Å². The molecule has 2 aliphatic heterocycles. The quantitative estimate of drug-likeness (QED) is 0.567. The van der Waals surface area contributed by atoms with E-state index in [0.29, 0.717) is 23.4 Å². The van der Waals surface area contributed by atoms with Gasteiger partial charge in [0.25, 0.3) is 0 Å². The molecule has 0 bridgehead atoms. The molecule has 0 spiro atoms. The van der Waals surface area contributed by atoms with Crippen LogP contribution in [0.25, 0.3) is 0 Å². The van der Waals surface area contributed by atoms with Gasteiger partial charge in [-0.05, 0) is 48.8 Å². The van der Waals surface area contributed by atoms with E-state index in [1.54, 1.807) is 6.07 Å². The van der Waals surface area contributed by atoms with Crippen LogP contribution in [0.1, 0.15) is 41.2 Å². The number of hydrogen-bond donors (Lipinski definition) is 0. The van der Waals surface area contributed by atoms with Crippen LogP contribution in [0.15, 0.2) is 73.3 Å². The van der Waals surface area contributed by atoms with E-state index in [1.165, 1.54) is 11.9 Å². The number of allylic oxidation sites excluding steroid dienone is 1. The van der Waals surface area contributed by atoms with Gasteiger partial charge in [-0.3, -0.25) is 9.36 Å². The van der Waals surface area contributed by atoms with Crippen molar-refractivity contribution in [2.75, 3.05) is 29.4 Å². The fourth-order valence-corrected chi connectivity index (χ4v) is 6.12. The van der Waals surface area contributed by atoms with Gasteiger partial charge in [0.05, 0.1) is 0 Å². The van der Waals surface area contributed by atoms with Crippen molar-refractivity contribution in [3.63, 3.8) is 0 Å². The van der Waals surface area contributed by atoms with Crippen molar-refractivity contribution < 1.29 is 4.79 Å². The molecule has 1 saturated carbocycles. The summed E-state index contributed by atoms with van der Waals surface area (Å²) in [5.74, 6) is 3.37. The van der Waals surface area contributed by atoms with Gasteiger partial charge in [0, 0.05) is 49.9 Å². The Morgan fingerprint density at radius 1 is 1.00 bits per heavy atom. The van der Waals surface area contributed by atoms with Gasteiger partial charge in [-0.15, -0.1) is 0 Å². The SMILES string of the molecule is N#Cc1cc(N2C[C@H]3CC(C(=O)n4cccc4N4C=CC[C@H](c5ccccc5)C4)C[C@H]3C2)ncn1. The van der Waals surface area contributed by atoms with E-state index in [2.05, 4.69) is 74.5 Å². The van der Waals surface area contributed by atoms with Crippen molar-refractivity contribution in [2.24, 2.45) is 17.8 Å². The van der Waals surface area contributed by atoms with E-state index in [1.807, 2.05) is 16.8 Å². The number of nitrogens with zero attached hydrogens (tertiary/aromatic N) is 6. The Morgan fingerprint density at radius 3 is 2.57 bits per heavy atom. The Balaban J connectivity index is 1.13. The summed E-state index contributed by atoms with van der Waals surface area (Å²) in [6.45, 7) is 2.62. The van der Waals surface area contributed by atoms with E-state index >= 15 is 0 Å². The van der Waals surface area contributed by atoms with Gasteiger partial charge in [0.1, 0.15) is 29.7 Å². The third kappa shape index (κ3) is 4.10. The van der Waals surface area contributed by atoms with Crippen LogP contribution in [-0.4, -0.2) is 40.1 Å². The molecular formula is C28H28N6O. The molecule has 2 aromatic heterocycles. The second-order valence-electron chi connectivity index (χ2n) is 9.92. The summed E-state index contributed by atoms with van der Waals surface area (Å²) in [4.78, 5) is 26.4. The van der Waals surface area contributed by atoms with E-state index < -0.39 is 0 Å². The maximum Gasteiger partial charge on any atom is 0.235 e. The van der Waals surface area contributed by atoms with Gasteiger partial charge in [0.15, 0.2) is 0 Å². The van der Waals surface area contributed by atoms with Crippen molar-refractivity contribution in [2.45, 2.75) is 25.2 Å². The van der Waals surface area contributed by atoms with Crippen LogP contribution in [0.4, 0.5) is 11.6 Å². The Morgan fingerprint density at radius 2 is 1.80 bits per heavy atom. The first-order valence-corrected chi connectivity index (χ1v) is 12.4. The molecule has 1 aromatic carbocycles. The minimum Gasteiger partial charge on any atom is -0.356 e. The summed E-state index contributed by atoms with van der Waals surface area (Å²) in [6.07, 6.45) is 10.5. The summed E-state index contributed by atoms with van der Waals surface area (Å²) in [5.41, 5.74) is 1.73. The largest absolute Gasteiger partial charge is 0.356 e. The lowest BCUT2D eigenvalue weighted by molar-refractivity contribution is 0.0834. The first-order valence-electron chi connectivity index (χ1n) is 12.4. The lowest BCUT2D eigenvalue weighted by atomic mass is 9.93. The third-order valence-electron chi connectivity index (χ3n) is 7.84. The molecule has 4 atom stereocenters. The Bertz CT molecular complexity index is 1280. The van der Waals surface area contributed by atoms with Crippen molar-refractivity contribution in [3.05, 3.63) is 84.6 Å². The standard InChI is InChI=1S/C28H28N6O/c29-15-25-14-26(31-19-30-25)33-17-23-12-22(13-24(23)18-33)28(35)34-11-5-9-27(34)32-10-4-8-21(16-32)20-6-2-1-3-7-20/h1-7,9-11,14,19,21-24H,8,12-13,16-18H2/t21-,22?,23-,24+/m0/s1. The Labute approximate surface area is 205 Å². The molecule has 3 aromatic rings. The van der Waals surface area contributed by atoms with Crippen molar-refractivity contribution in [3.8, 4) is 6.07 Å². The number of rotatable bonds is 4. The van der Waals surface area contributed by atoms with Gasteiger partial charge < -0.3 is 9.80 Å². The second-order valence-corrected chi connectivity index (χ2v) is 9.92. The summed E-state index contributed by atoms with van der Waals surface area (Å²) in [7, 11) is 0. The molecule has 7 heteroatoms. The van der Waals surface area contributed by atoms with Crippen LogP contribution >= 0.6 is 0 Å². The van der Waals surface area contributed by atoms with E-state index in [9.17, 15) is 4.79 Å². The molecule has 176 valence electrons. The number of aromatic nitrogens is 3. The highest BCUT2D eigenvalue weighted by atomic mass is 16.2. The maximum absolute atomic E-state index is 13.6. The summed E-state index contributed by atoms with van der Waals surface area (Å²) >= 11 is 0. The molecule has 35 heavy (non-hydrogen) atoms. The van der Waals surface area contributed by atoms with Crippen LogP contribution in [-0.2, 0) is 0 Å². The number of hydrogen-bond acceptors (Lipinski definition) is 6. The zero-order chi connectivity index (χ0) is 23.8. The molecular weight excluding hydrogens is 436 g/mol. The smallest absolute Gasteiger partial charge is 0.235 e. The molecule has 1 aliphatic carbocycles. The molecule has 0 amide bonds. The van der Waals surface area contributed by atoms with Gasteiger partial charge >= 0.3 is 0 Å². The minimum absolute atomic E-state index is 0.0389. The molecule has 6 rings (SSSR count). The average Bonchev–Trinajstić information content (AvgIpc) is 3.64. The average molecular weight is 465 g/mol. The lowest BCUT2D eigenvalue weighted by Crippen LogP contribution is -2.31. The highest BCUT2D eigenvalue weighted by Gasteiger charge is 2.44. The van der Waals surface area contributed by atoms with Crippen molar-refractivity contribution in [1.29, 1.82) is 5.26 Å². The monoisotopic (exact) mass is 464 g/mol. The predicted molar refractivity (Wildman–Crippen MR) is 134 cm³/mol. The van der Waals surface area contributed by atoms with Crippen molar-refractivity contribution >= 4 is 17.5 Å². The number of anilines is 2. The van der Waals surface area contributed by atoms with Gasteiger partial charge in [0.2, 0.25) is 5.91 Å². The molecule has 1 saturated heterocycles. The first-order chi connectivity index (χ1) is 17.2. The maximum atomic E-state index is 13.6. The molecule has 1 unspecified atom stereocenters. The van der Waals surface area contributed by atoms with Crippen LogP contribution in [0.2, 0.25) is 0 Å². The first kappa shape index (κ1) is 21.6. The molecule has 0 N–H and O–H groups in total. The van der Waals surface area contributed by atoms with Crippen LogP contribution in [0, 0.1) is 29.1 Å². The molecule has 3 aliphatic rings. The zero-order valence-electron chi connectivity index (χ0n) is 19.6. The van der Waals surface area contributed by atoms with E-state index in [4.69, 9.17) is 5.26 Å². The van der Waals surface area contributed by atoms with Crippen LogP contribution in [0.3, 0.4) is 0 Å². The lowest BCUT2D eigenvalue weighted by Gasteiger charge is -2.30. The number of nitriles is 1. The van der Waals surface area contributed by atoms with Gasteiger partial charge in [-0.1, -0.05) is 36.4 Å². The normalized spacial score (nSPS) is 25.5. The van der Waals surface area contributed by atoms with Gasteiger partial charge in [-0.25, -0.2) is 9.97 Å². The number of carbonyl (C=O) groups is 1. The minimum atomic E-state index is 0.0389. The Hall–Kier alpha value is -3.92. The number of benzene rings is 1.